The van der Waals surface area contributed by atoms with Crippen molar-refractivity contribution >= 4 is 34.2 Å². The van der Waals surface area contributed by atoms with Crippen LogP contribution in [0.3, 0.4) is 0 Å². The molecular formula is C16H20ClFN4O. The average Bonchev–Trinajstić information content (AvgIpc) is 2.49. The van der Waals surface area contributed by atoms with Gasteiger partial charge in [0.2, 0.25) is 11.2 Å². The van der Waals surface area contributed by atoms with Crippen LogP contribution in [0.2, 0.25) is 5.28 Å². The Balaban J connectivity index is 2.27. The van der Waals surface area contributed by atoms with E-state index in [2.05, 4.69) is 27.5 Å². The second-order valence-corrected chi connectivity index (χ2v) is 5.76. The molecule has 0 spiro atoms. The Kier molecular flexibility index (Phi) is 6.10. The maximum Gasteiger partial charge on any atom is 0.224 e. The lowest BCUT2D eigenvalue weighted by molar-refractivity contribution is -0.119. The summed E-state index contributed by atoms with van der Waals surface area (Å²) in [6, 6.07) is 4.32. The van der Waals surface area contributed by atoms with Crippen molar-refractivity contribution in [2.45, 2.75) is 39.2 Å². The smallest absolute Gasteiger partial charge is 0.224 e. The number of amides is 1. The SMILES string of the molecule is CCCC[C@H](CNC(C)=O)Nc1nc(Cl)nc2cc(F)ccc12. The van der Waals surface area contributed by atoms with Crippen LogP contribution >= 0.6 is 11.6 Å². The Morgan fingerprint density at radius 3 is 2.87 bits per heavy atom. The van der Waals surface area contributed by atoms with E-state index >= 15 is 0 Å². The normalized spacial score (nSPS) is 12.2. The maximum atomic E-state index is 13.4. The summed E-state index contributed by atoms with van der Waals surface area (Å²) in [4.78, 5) is 19.4. The zero-order valence-corrected chi connectivity index (χ0v) is 14.0. The standard InChI is InChI=1S/C16H20ClFN4O/c1-3-4-5-12(9-19-10(2)23)20-15-13-7-6-11(18)8-14(13)21-16(17)22-15/h6-8,12H,3-5,9H2,1-2H3,(H,19,23)(H,20,21,22)/t12-/m1/s1. The molecule has 1 amide bonds. The highest BCUT2D eigenvalue weighted by molar-refractivity contribution is 6.28. The number of nitrogens with one attached hydrogen (secondary N) is 2. The second kappa shape index (κ2) is 8.06. The number of benzene rings is 1. The summed E-state index contributed by atoms with van der Waals surface area (Å²) < 4.78 is 13.4. The molecule has 1 heterocycles. The van der Waals surface area contributed by atoms with E-state index in [0.717, 1.165) is 19.3 Å². The van der Waals surface area contributed by atoms with Gasteiger partial charge in [0.05, 0.1) is 5.52 Å². The summed E-state index contributed by atoms with van der Waals surface area (Å²) in [6.45, 7) is 4.07. The highest BCUT2D eigenvalue weighted by Crippen LogP contribution is 2.24. The van der Waals surface area contributed by atoms with E-state index in [4.69, 9.17) is 11.6 Å². The highest BCUT2D eigenvalue weighted by atomic mass is 35.5. The number of nitrogens with zero attached hydrogens (tertiary/aromatic N) is 2. The van der Waals surface area contributed by atoms with Crippen LogP contribution in [0.4, 0.5) is 10.2 Å². The van der Waals surface area contributed by atoms with E-state index < -0.39 is 0 Å². The van der Waals surface area contributed by atoms with E-state index in [-0.39, 0.29) is 23.0 Å². The molecule has 1 atom stereocenters. The molecule has 0 saturated carbocycles. The minimum atomic E-state index is -0.376. The van der Waals surface area contributed by atoms with Crippen LogP contribution in [0.5, 0.6) is 0 Å². The third-order valence-corrected chi connectivity index (χ3v) is 3.65. The largest absolute Gasteiger partial charge is 0.365 e. The van der Waals surface area contributed by atoms with Gasteiger partial charge in [-0.3, -0.25) is 4.79 Å². The first kappa shape index (κ1) is 17.4. The first-order chi connectivity index (χ1) is 11.0. The van der Waals surface area contributed by atoms with Gasteiger partial charge in [0, 0.05) is 31.0 Å². The molecule has 0 unspecified atom stereocenters. The molecule has 1 aromatic carbocycles. The quantitative estimate of drug-likeness (QED) is 0.758. The molecule has 0 fully saturated rings. The van der Waals surface area contributed by atoms with Crippen LogP contribution in [0.15, 0.2) is 18.2 Å². The maximum absolute atomic E-state index is 13.4. The summed E-state index contributed by atoms with van der Waals surface area (Å²) in [5.74, 6) is 0.0893. The third-order valence-electron chi connectivity index (χ3n) is 3.48. The summed E-state index contributed by atoms with van der Waals surface area (Å²) in [7, 11) is 0. The topological polar surface area (TPSA) is 66.9 Å². The third kappa shape index (κ3) is 5.03. The number of unbranched alkanes of at least 4 members (excludes halogenated alkanes) is 1. The van der Waals surface area contributed by atoms with Gasteiger partial charge in [0.25, 0.3) is 0 Å². The van der Waals surface area contributed by atoms with Crippen molar-refractivity contribution in [3.8, 4) is 0 Å². The molecule has 124 valence electrons. The molecule has 1 aromatic heterocycles. The second-order valence-electron chi connectivity index (χ2n) is 5.42. The van der Waals surface area contributed by atoms with Gasteiger partial charge in [-0.05, 0) is 30.2 Å². The fraction of sp³-hybridized carbons (Fsp3) is 0.438. The van der Waals surface area contributed by atoms with Crippen molar-refractivity contribution in [3.05, 3.63) is 29.3 Å². The number of carbonyl (C=O) groups excluding carboxylic acids is 1. The average molecular weight is 339 g/mol. The van der Waals surface area contributed by atoms with Gasteiger partial charge in [-0.15, -0.1) is 0 Å². The molecule has 2 aromatic rings. The summed E-state index contributed by atoms with van der Waals surface area (Å²) in [5, 5.41) is 6.86. The van der Waals surface area contributed by atoms with Gasteiger partial charge < -0.3 is 10.6 Å². The Hall–Kier alpha value is -1.95. The molecular weight excluding hydrogens is 319 g/mol. The van der Waals surface area contributed by atoms with E-state index in [1.54, 1.807) is 6.07 Å². The first-order valence-corrected chi connectivity index (χ1v) is 8.01. The van der Waals surface area contributed by atoms with Crippen molar-refractivity contribution in [1.82, 2.24) is 15.3 Å². The monoisotopic (exact) mass is 338 g/mol. The van der Waals surface area contributed by atoms with Crippen LogP contribution in [0.25, 0.3) is 10.9 Å². The van der Waals surface area contributed by atoms with Crippen molar-refractivity contribution in [3.63, 3.8) is 0 Å². The molecule has 0 bridgehead atoms. The molecule has 2 rings (SSSR count). The highest BCUT2D eigenvalue weighted by Gasteiger charge is 2.13. The predicted octanol–water partition coefficient (Wildman–Crippen LogP) is 3.53. The van der Waals surface area contributed by atoms with Gasteiger partial charge in [-0.25, -0.2) is 14.4 Å². The minimum Gasteiger partial charge on any atom is -0.365 e. The van der Waals surface area contributed by atoms with Gasteiger partial charge in [0.15, 0.2) is 0 Å². The van der Waals surface area contributed by atoms with Crippen molar-refractivity contribution in [2.24, 2.45) is 0 Å². The molecule has 7 heteroatoms. The van der Waals surface area contributed by atoms with E-state index in [1.165, 1.54) is 19.1 Å². The fourth-order valence-electron chi connectivity index (χ4n) is 2.32. The van der Waals surface area contributed by atoms with Crippen LogP contribution in [0, 0.1) is 5.82 Å². The first-order valence-electron chi connectivity index (χ1n) is 7.63. The van der Waals surface area contributed by atoms with Gasteiger partial charge >= 0.3 is 0 Å². The number of carbonyl (C=O) groups is 1. The number of aromatic nitrogens is 2. The number of fused-ring (bicyclic) bond motifs is 1. The Morgan fingerprint density at radius 1 is 1.39 bits per heavy atom. The van der Waals surface area contributed by atoms with Crippen molar-refractivity contribution in [1.29, 1.82) is 0 Å². The lowest BCUT2D eigenvalue weighted by Crippen LogP contribution is -2.35. The molecule has 5 nitrogen and oxygen atoms in total. The molecule has 0 aliphatic heterocycles. The van der Waals surface area contributed by atoms with E-state index in [9.17, 15) is 9.18 Å². The molecule has 0 saturated heterocycles. The van der Waals surface area contributed by atoms with Crippen molar-refractivity contribution in [2.75, 3.05) is 11.9 Å². The molecule has 2 N–H and O–H groups in total. The number of anilines is 1. The zero-order chi connectivity index (χ0) is 16.8. The Morgan fingerprint density at radius 2 is 2.17 bits per heavy atom. The predicted molar refractivity (Wildman–Crippen MR) is 90.1 cm³/mol. The fourth-order valence-corrected chi connectivity index (χ4v) is 2.50. The lowest BCUT2D eigenvalue weighted by Gasteiger charge is -2.20. The molecule has 23 heavy (non-hydrogen) atoms. The minimum absolute atomic E-state index is 0.0121. The zero-order valence-electron chi connectivity index (χ0n) is 13.2. The molecule has 0 radical (unpaired) electrons. The van der Waals surface area contributed by atoms with Gasteiger partial charge in [-0.2, -0.15) is 0 Å². The number of hydrogen-bond acceptors (Lipinski definition) is 4. The van der Waals surface area contributed by atoms with Crippen LogP contribution in [-0.4, -0.2) is 28.5 Å². The number of halogens is 2. The lowest BCUT2D eigenvalue weighted by atomic mass is 10.1. The van der Waals surface area contributed by atoms with E-state index in [1.807, 2.05) is 0 Å². The Labute approximate surface area is 139 Å². The summed E-state index contributed by atoms with van der Waals surface area (Å²) in [6.07, 6.45) is 2.94. The Bertz CT molecular complexity index is 690. The van der Waals surface area contributed by atoms with Crippen LogP contribution in [-0.2, 0) is 4.79 Å². The van der Waals surface area contributed by atoms with Crippen molar-refractivity contribution < 1.29 is 9.18 Å². The number of hydrogen-bond donors (Lipinski definition) is 2. The summed E-state index contributed by atoms with van der Waals surface area (Å²) >= 11 is 5.94. The van der Waals surface area contributed by atoms with Crippen LogP contribution in [0.1, 0.15) is 33.1 Å². The molecule has 0 aliphatic rings. The van der Waals surface area contributed by atoms with Gasteiger partial charge in [0.1, 0.15) is 11.6 Å². The van der Waals surface area contributed by atoms with Gasteiger partial charge in [-0.1, -0.05) is 19.8 Å². The number of rotatable bonds is 7. The van der Waals surface area contributed by atoms with Crippen LogP contribution < -0.4 is 10.6 Å². The molecule has 0 aliphatic carbocycles. The van der Waals surface area contributed by atoms with E-state index in [0.29, 0.717) is 23.3 Å². The summed E-state index contributed by atoms with van der Waals surface area (Å²) in [5.41, 5.74) is 0.446.